The lowest BCUT2D eigenvalue weighted by Crippen LogP contribution is -2.44. The maximum absolute atomic E-state index is 4.55. The fourth-order valence-corrected chi connectivity index (χ4v) is 4.13. The highest BCUT2D eigenvalue weighted by Gasteiger charge is 2.38. The second-order valence-electron chi connectivity index (χ2n) is 5.76. The Labute approximate surface area is 109 Å². The van der Waals surface area contributed by atoms with E-state index in [1.165, 1.54) is 37.1 Å². The minimum absolute atomic E-state index is 0.159. The van der Waals surface area contributed by atoms with Crippen molar-refractivity contribution >= 4 is 11.3 Å². The summed E-state index contributed by atoms with van der Waals surface area (Å²) in [6, 6.07) is 0. The minimum Gasteiger partial charge on any atom is -0.308 e. The van der Waals surface area contributed by atoms with E-state index in [0.717, 1.165) is 11.8 Å². The molecule has 3 heteroatoms. The lowest BCUT2D eigenvalue weighted by atomic mass is 9.73. The molecule has 1 fully saturated rings. The van der Waals surface area contributed by atoms with Crippen LogP contribution in [0.2, 0.25) is 0 Å². The SMILES string of the molecule is CNC1(c2nccs2)CCCC(CC(C)C)C1. The number of nitrogens with zero attached hydrogens (tertiary/aromatic N) is 1. The van der Waals surface area contributed by atoms with Crippen LogP contribution in [0.1, 0.15) is 51.0 Å². The van der Waals surface area contributed by atoms with Crippen LogP contribution < -0.4 is 5.32 Å². The van der Waals surface area contributed by atoms with Crippen LogP contribution in [0.5, 0.6) is 0 Å². The quantitative estimate of drug-likeness (QED) is 0.882. The Hall–Kier alpha value is -0.410. The van der Waals surface area contributed by atoms with Gasteiger partial charge in [0, 0.05) is 11.6 Å². The fraction of sp³-hybridized carbons (Fsp3) is 0.786. The Kier molecular flexibility index (Phi) is 4.21. The molecule has 0 aliphatic heterocycles. The summed E-state index contributed by atoms with van der Waals surface area (Å²) in [5.41, 5.74) is 0.159. The minimum atomic E-state index is 0.159. The van der Waals surface area contributed by atoms with Crippen molar-refractivity contribution in [3.63, 3.8) is 0 Å². The molecule has 2 nitrogen and oxygen atoms in total. The average molecular weight is 252 g/mol. The van der Waals surface area contributed by atoms with Crippen LogP contribution in [0.3, 0.4) is 0 Å². The topological polar surface area (TPSA) is 24.9 Å². The second-order valence-corrected chi connectivity index (χ2v) is 6.66. The first kappa shape index (κ1) is 13.0. The van der Waals surface area contributed by atoms with Crippen molar-refractivity contribution in [1.82, 2.24) is 10.3 Å². The molecule has 1 N–H and O–H groups in total. The van der Waals surface area contributed by atoms with E-state index in [0.29, 0.717) is 0 Å². The molecule has 0 saturated heterocycles. The average Bonchev–Trinajstić information content (AvgIpc) is 2.82. The van der Waals surface area contributed by atoms with Gasteiger partial charge in [-0.15, -0.1) is 11.3 Å². The molecule has 0 radical (unpaired) electrons. The van der Waals surface area contributed by atoms with Crippen LogP contribution in [0.25, 0.3) is 0 Å². The third-order valence-corrected chi connectivity index (χ3v) is 4.96. The van der Waals surface area contributed by atoms with Gasteiger partial charge in [0.25, 0.3) is 0 Å². The van der Waals surface area contributed by atoms with Gasteiger partial charge in [-0.1, -0.05) is 26.7 Å². The number of rotatable bonds is 4. The standard InChI is InChI=1S/C14H24N2S/c1-11(2)9-12-5-4-6-14(10-12,15-3)13-16-7-8-17-13/h7-8,11-12,15H,4-6,9-10H2,1-3H3. The van der Waals surface area contributed by atoms with E-state index in [9.17, 15) is 0 Å². The third kappa shape index (κ3) is 2.89. The lowest BCUT2D eigenvalue weighted by molar-refractivity contribution is 0.171. The number of hydrogen-bond acceptors (Lipinski definition) is 3. The molecule has 0 spiro atoms. The molecular weight excluding hydrogens is 228 g/mol. The number of hydrogen-bond donors (Lipinski definition) is 1. The Morgan fingerprint density at radius 3 is 3.00 bits per heavy atom. The molecule has 96 valence electrons. The normalized spacial score (nSPS) is 29.8. The van der Waals surface area contributed by atoms with Crippen molar-refractivity contribution in [2.45, 2.75) is 51.5 Å². The second kappa shape index (κ2) is 5.49. The first-order chi connectivity index (χ1) is 8.16. The van der Waals surface area contributed by atoms with Gasteiger partial charge in [-0.3, -0.25) is 0 Å². The lowest BCUT2D eigenvalue weighted by Gasteiger charge is -2.40. The first-order valence-corrected chi connectivity index (χ1v) is 7.63. The first-order valence-electron chi connectivity index (χ1n) is 6.75. The van der Waals surface area contributed by atoms with Gasteiger partial charge in [-0.2, -0.15) is 0 Å². The van der Waals surface area contributed by atoms with Crippen molar-refractivity contribution in [3.8, 4) is 0 Å². The van der Waals surface area contributed by atoms with Gasteiger partial charge in [0.2, 0.25) is 0 Å². The van der Waals surface area contributed by atoms with Gasteiger partial charge in [-0.05, 0) is 38.1 Å². The number of nitrogens with one attached hydrogen (secondary N) is 1. The Morgan fingerprint density at radius 1 is 1.59 bits per heavy atom. The molecule has 1 aliphatic carbocycles. The zero-order chi connectivity index (χ0) is 12.3. The highest BCUT2D eigenvalue weighted by atomic mass is 32.1. The molecule has 1 aromatic heterocycles. The van der Waals surface area contributed by atoms with Crippen LogP contribution in [0.4, 0.5) is 0 Å². The Morgan fingerprint density at radius 2 is 2.41 bits per heavy atom. The van der Waals surface area contributed by atoms with E-state index >= 15 is 0 Å². The van der Waals surface area contributed by atoms with E-state index in [4.69, 9.17) is 0 Å². The van der Waals surface area contributed by atoms with Gasteiger partial charge in [0.15, 0.2) is 0 Å². The van der Waals surface area contributed by atoms with Gasteiger partial charge < -0.3 is 5.32 Å². The van der Waals surface area contributed by atoms with E-state index in [1.807, 2.05) is 6.20 Å². The van der Waals surface area contributed by atoms with Crippen LogP contribution in [0, 0.1) is 11.8 Å². The summed E-state index contributed by atoms with van der Waals surface area (Å²) in [5.74, 6) is 1.67. The predicted molar refractivity (Wildman–Crippen MR) is 74.3 cm³/mol. The maximum Gasteiger partial charge on any atom is 0.113 e. The molecule has 1 heterocycles. The van der Waals surface area contributed by atoms with Crippen LogP contribution in [-0.4, -0.2) is 12.0 Å². The summed E-state index contributed by atoms with van der Waals surface area (Å²) in [5, 5.41) is 6.95. The van der Waals surface area contributed by atoms with E-state index < -0.39 is 0 Å². The van der Waals surface area contributed by atoms with E-state index in [1.54, 1.807) is 11.3 Å². The molecule has 1 aliphatic rings. The summed E-state index contributed by atoms with van der Waals surface area (Å²) in [4.78, 5) is 4.55. The molecule has 2 unspecified atom stereocenters. The molecule has 0 aromatic carbocycles. The summed E-state index contributed by atoms with van der Waals surface area (Å²) < 4.78 is 0. The van der Waals surface area contributed by atoms with Crippen molar-refractivity contribution in [1.29, 1.82) is 0 Å². The third-order valence-electron chi connectivity index (χ3n) is 3.98. The molecule has 0 amide bonds. The monoisotopic (exact) mass is 252 g/mol. The van der Waals surface area contributed by atoms with Crippen molar-refractivity contribution in [2.75, 3.05) is 7.05 Å². The maximum atomic E-state index is 4.55. The van der Waals surface area contributed by atoms with Gasteiger partial charge in [0.1, 0.15) is 5.01 Å². The Balaban J connectivity index is 2.12. The molecule has 2 rings (SSSR count). The smallest absolute Gasteiger partial charge is 0.113 e. The molecule has 17 heavy (non-hydrogen) atoms. The fourth-order valence-electron chi connectivity index (χ4n) is 3.25. The largest absolute Gasteiger partial charge is 0.308 e. The molecule has 0 bridgehead atoms. The zero-order valence-electron chi connectivity index (χ0n) is 11.2. The van der Waals surface area contributed by atoms with Gasteiger partial charge in [0.05, 0.1) is 5.54 Å². The van der Waals surface area contributed by atoms with Gasteiger partial charge >= 0.3 is 0 Å². The number of thiazole rings is 1. The molecular formula is C14H24N2S. The molecule has 2 atom stereocenters. The van der Waals surface area contributed by atoms with E-state index in [-0.39, 0.29) is 5.54 Å². The zero-order valence-corrected chi connectivity index (χ0v) is 12.0. The summed E-state index contributed by atoms with van der Waals surface area (Å²) in [6.45, 7) is 4.66. The van der Waals surface area contributed by atoms with Crippen LogP contribution >= 0.6 is 11.3 Å². The highest BCUT2D eigenvalue weighted by molar-refractivity contribution is 7.09. The van der Waals surface area contributed by atoms with E-state index in [2.05, 4.69) is 36.6 Å². The molecule has 1 saturated carbocycles. The van der Waals surface area contributed by atoms with Crippen molar-refractivity contribution < 1.29 is 0 Å². The summed E-state index contributed by atoms with van der Waals surface area (Å²) in [7, 11) is 2.10. The number of aromatic nitrogens is 1. The molecule has 1 aromatic rings. The summed E-state index contributed by atoms with van der Waals surface area (Å²) >= 11 is 1.80. The Bertz CT molecular complexity index is 334. The highest BCUT2D eigenvalue weighted by Crippen LogP contribution is 2.42. The van der Waals surface area contributed by atoms with Gasteiger partial charge in [-0.25, -0.2) is 4.98 Å². The predicted octanol–water partition coefficient (Wildman–Crippen LogP) is 3.79. The van der Waals surface area contributed by atoms with Crippen LogP contribution in [-0.2, 0) is 5.54 Å². The summed E-state index contributed by atoms with van der Waals surface area (Å²) in [6.07, 6.45) is 8.52. The van der Waals surface area contributed by atoms with Crippen LogP contribution in [0.15, 0.2) is 11.6 Å². The van der Waals surface area contributed by atoms with Crippen molar-refractivity contribution in [3.05, 3.63) is 16.6 Å². The van der Waals surface area contributed by atoms with Crippen molar-refractivity contribution in [2.24, 2.45) is 11.8 Å².